The summed E-state index contributed by atoms with van der Waals surface area (Å²) in [5.41, 5.74) is 0.972. The van der Waals surface area contributed by atoms with E-state index in [0.717, 1.165) is 50.8 Å². The average molecular weight is 400 g/mol. The molecule has 1 unspecified atom stereocenters. The van der Waals surface area contributed by atoms with Crippen LogP contribution in [-0.2, 0) is 4.79 Å². The molecule has 8 heteroatoms. The van der Waals surface area contributed by atoms with Crippen molar-refractivity contribution in [3.8, 4) is 0 Å². The van der Waals surface area contributed by atoms with E-state index in [4.69, 9.17) is 23.2 Å². The fourth-order valence-electron chi connectivity index (χ4n) is 2.95. The van der Waals surface area contributed by atoms with Gasteiger partial charge in [0.1, 0.15) is 0 Å². The van der Waals surface area contributed by atoms with E-state index in [1.807, 2.05) is 24.0 Å². The van der Waals surface area contributed by atoms with Crippen molar-refractivity contribution in [2.75, 3.05) is 46.3 Å². The second-order valence-electron chi connectivity index (χ2n) is 6.38. The Bertz CT molecular complexity index is 644. The van der Waals surface area contributed by atoms with E-state index >= 15 is 0 Å². The van der Waals surface area contributed by atoms with Crippen LogP contribution in [0.3, 0.4) is 0 Å². The Morgan fingerprint density at radius 1 is 1.27 bits per heavy atom. The zero-order valence-corrected chi connectivity index (χ0v) is 17.1. The fraction of sp³-hybridized carbons (Fsp3) is 0.556. The molecule has 1 aliphatic heterocycles. The number of hydrogen-bond donors (Lipinski definition) is 2. The van der Waals surface area contributed by atoms with Crippen LogP contribution in [-0.4, -0.2) is 68.0 Å². The summed E-state index contributed by atoms with van der Waals surface area (Å²) in [6, 6.07) is 5.50. The van der Waals surface area contributed by atoms with Crippen LogP contribution in [0.4, 0.5) is 0 Å². The molecule has 1 saturated heterocycles. The number of aliphatic imine (C=N–C) groups is 1. The smallest absolute Gasteiger partial charge is 0.219 e. The van der Waals surface area contributed by atoms with E-state index in [9.17, 15) is 4.79 Å². The van der Waals surface area contributed by atoms with E-state index in [0.29, 0.717) is 10.0 Å². The number of hydrogen-bond acceptors (Lipinski definition) is 3. The zero-order valence-electron chi connectivity index (χ0n) is 15.6. The molecule has 2 rings (SSSR count). The molecule has 1 aliphatic rings. The molecule has 1 fully saturated rings. The molecule has 0 saturated carbocycles. The lowest BCUT2D eigenvalue weighted by Crippen LogP contribution is -2.50. The van der Waals surface area contributed by atoms with Gasteiger partial charge < -0.3 is 15.5 Å². The molecule has 1 aromatic rings. The maximum absolute atomic E-state index is 11.4. The van der Waals surface area contributed by atoms with Gasteiger partial charge in [0.2, 0.25) is 5.91 Å². The third-order valence-electron chi connectivity index (χ3n) is 4.54. The van der Waals surface area contributed by atoms with Crippen LogP contribution in [0.15, 0.2) is 23.2 Å². The zero-order chi connectivity index (χ0) is 19.1. The molecule has 2 N–H and O–H groups in total. The molecular weight excluding hydrogens is 373 g/mol. The first-order valence-corrected chi connectivity index (χ1v) is 9.56. The Kier molecular flexibility index (Phi) is 8.00. The summed E-state index contributed by atoms with van der Waals surface area (Å²) in [6.45, 7) is 8.75. The van der Waals surface area contributed by atoms with Gasteiger partial charge in [-0.3, -0.25) is 14.7 Å². The first kappa shape index (κ1) is 20.8. The maximum Gasteiger partial charge on any atom is 0.219 e. The Morgan fingerprint density at radius 2 is 1.96 bits per heavy atom. The molecule has 144 valence electrons. The third-order valence-corrected chi connectivity index (χ3v) is 5.11. The summed E-state index contributed by atoms with van der Waals surface area (Å²) in [7, 11) is 1.75. The van der Waals surface area contributed by atoms with Crippen LogP contribution >= 0.6 is 23.2 Å². The first-order chi connectivity index (χ1) is 12.4. The number of halogens is 2. The van der Waals surface area contributed by atoms with E-state index in [1.165, 1.54) is 0 Å². The molecule has 1 heterocycles. The molecule has 0 bridgehead atoms. The van der Waals surface area contributed by atoms with Crippen molar-refractivity contribution >= 4 is 35.1 Å². The monoisotopic (exact) mass is 399 g/mol. The molecule has 6 nitrogen and oxygen atoms in total. The van der Waals surface area contributed by atoms with Crippen LogP contribution in [0.25, 0.3) is 0 Å². The number of amides is 1. The Balaban J connectivity index is 1.77. The Hall–Kier alpha value is -1.50. The number of nitrogens with zero attached hydrogens (tertiary/aromatic N) is 3. The van der Waals surface area contributed by atoms with Crippen LogP contribution in [0.1, 0.15) is 25.5 Å². The number of carbonyl (C=O) groups excluding carboxylic acids is 1. The highest BCUT2D eigenvalue weighted by Gasteiger charge is 2.18. The van der Waals surface area contributed by atoms with E-state index in [-0.39, 0.29) is 11.9 Å². The number of nitrogens with one attached hydrogen (secondary N) is 2. The van der Waals surface area contributed by atoms with Crippen molar-refractivity contribution < 1.29 is 4.79 Å². The quantitative estimate of drug-likeness (QED) is 0.589. The summed E-state index contributed by atoms with van der Waals surface area (Å²) >= 11 is 12.2. The van der Waals surface area contributed by atoms with Gasteiger partial charge in [0.25, 0.3) is 0 Å². The lowest BCUT2D eigenvalue weighted by molar-refractivity contribution is -0.130. The standard InChI is InChI=1S/C18H27Cl2N5O/c1-13(16-5-4-15(19)12-17(16)20)23-18(21-3)22-6-7-24-8-10-25(11-9-24)14(2)26/h4-5,12-13H,6-11H2,1-3H3,(H2,21,22,23). The number of benzene rings is 1. The highest BCUT2D eigenvalue weighted by Crippen LogP contribution is 2.25. The lowest BCUT2D eigenvalue weighted by Gasteiger charge is -2.34. The van der Waals surface area contributed by atoms with Gasteiger partial charge in [-0.15, -0.1) is 0 Å². The highest BCUT2D eigenvalue weighted by atomic mass is 35.5. The highest BCUT2D eigenvalue weighted by molar-refractivity contribution is 6.35. The van der Waals surface area contributed by atoms with Gasteiger partial charge in [0.15, 0.2) is 5.96 Å². The number of carbonyl (C=O) groups is 1. The SMILES string of the molecule is CN=C(NCCN1CCN(C(C)=O)CC1)NC(C)c1ccc(Cl)cc1Cl. The fourth-order valence-corrected chi connectivity index (χ4v) is 3.52. The van der Waals surface area contributed by atoms with Crippen molar-refractivity contribution in [3.05, 3.63) is 33.8 Å². The number of rotatable bonds is 5. The summed E-state index contributed by atoms with van der Waals surface area (Å²) in [4.78, 5) is 19.9. The second-order valence-corrected chi connectivity index (χ2v) is 7.22. The van der Waals surface area contributed by atoms with Gasteiger partial charge in [0, 0.05) is 63.3 Å². The molecule has 0 spiro atoms. The van der Waals surface area contributed by atoms with Crippen molar-refractivity contribution in [1.82, 2.24) is 20.4 Å². The van der Waals surface area contributed by atoms with Gasteiger partial charge in [-0.25, -0.2) is 0 Å². The average Bonchev–Trinajstić information content (AvgIpc) is 2.61. The Labute approximate surface area is 165 Å². The predicted molar refractivity (Wildman–Crippen MR) is 108 cm³/mol. The Morgan fingerprint density at radius 3 is 2.54 bits per heavy atom. The minimum atomic E-state index is 0.00470. The normalized spacial score (nSPS) is 17.1. The van der Waals surface area contributed by atoms with Gasteiger partial charge in [0.05, 0.1) is 6.04 Å². The van der Waals surface area contributed by atoms with Crippen LogP contribution in [0, 0.1) is 0 Å². The van der Waals surface area contributed by atoms with E-state index in [1.54, 1.807) is 20.0 Å². The molecule has 1 aromatic carbocycles. The summed E-state index contributed by atoms with van der Waals surface area (Å²) in [5.74, 6) is 0.883. The summed E-state index contributed by atoms with van der Waals surface area (Å²) in [6.07, 6.45) is 0. The molecule has 26 heavy (non-hydrogen) atoms. The molecule has 0 radical (unpaired) electrons. The molecule has 0 aromatic heterocycles. The van der Waals surface area contributed by atoms with Gasteiger partial charge >= 0.3 is 0 Å². The minimum absolute atomic E-state index is 0.00470. The largest absolute Gasteiger partial charge is 0.355 e. The van der Waals surface area contributed by atoms with E-state index in [2.05, 4.69) is 20.5 Å². The third kappa shape index (κ3) is 6.04. The van der Waals surface area contributed by atoms with Crippen molar-refractivity contribution in [2.45, 2.75) is 19.9 Å². The second kappa shape index (κ2) is 10.00. The summed E-state index contributed by atoms with van der Waals surface area (Å²) < 4.78 is 0. The van der Waals surface area contributed by atoms with Crippen LogP contribution in [0.2, 0.25) is 10.0 Å². The maximum atomic E-state index is 11.4. The molecule has 1 atom stereocenters. The summed E-state index contributed by atoms with van der Waals surface area (Å²) in [5, 5.41) is 7.93. The van der Waals surface area contributed by atoms with Crippen LogP contribution in [0.5, 0.6) is 0 Å². The first-order valence-electron chi connectivity index (χ1n) is 8.80. The predicted octanol–water partition coefficient (Wildman–Crippen LogP) is 2.38. The van der Waals surface area contributed by atoms with E-state index < -0.39 is 0 Å². The number of piperazine rings is 1. The number of guanidine groups is 1. The molecule has 0 aliphatic carbocycles. The lowest BCUT2D eigenvalue weighted by atomic mass is 10.1. The van der Waals surface area contributed by atoms with Crippen molar-refractivity contribution in [3.63, 3.8) is 0 Å². The molecular formula is C18H27Cl2N5O. The van der Waals surface area contributed by atoms with Crippen molar-refractivity contribution in [1.29, 1.82) is 0 Å². The van der Waals surface area contributed by atoms with Crippen LogP contribution < -0.4 is 10.6 Å². The minimum Gasteiger partial charge on any atom is -0.355 e. The molecule has 1 amide bonds. The van der Waals surface area contributed by atoms with Crippen molar-refractivity contribution in [2.24, 2.45) is 4.99 Å². The van der Waals surface area contributed by atoms with Gasteiger partial charge in [-0.1, -0.05) is 29.3 Å². The van der Waals surface area contributed by atoms with Gasteiger partial charge in [-0.2, -0.15) is 0 Å². The topological polar surface area (TPSA) is 60.0 Å². The van der Waals surface area contributed by atoms with Gasteiger partial charge in [-0.05, 0) is 24.6 Å².